The Hall–Kier alpha value is -1.71. The summed E-state index contributed by atoms with van der Waals surface area (Å²) in [5.41, 5.74) is 3.70. The summed E-state index contributed by atoms with van der Waals surface area (Å²) in [6, 6.07) is 0. The maximum Gasteiger partial charge on any atom is 0.310 e. The summed E-state index contributed by atoms with van der Waals surface area (Å²) in [5.74, 6) is 1.15. The SMILES string of the molecule is C[C@H]1[C@H](C)CC[C@]2(C(=O)O)CC[C@]3(C)C(=CC[C@@H]4[C@@]5(C)Cc6nccnc6C(C)(C)[C@]5(C)CC[C@]43C)[C@H]12. The Balaban J connectivity index is 1.51. The number of carbonyl (C=O) groups is 1. The molecule has 37 heavy (non-hydrogen) atoms. The molecular weight excluding hydrogens is 456 g/mol. The lowest BCUT2D eigenvalue weighted by Gasteiger charge is -2.73. The van der Waals surface area contributed by atoms with Crippen molar-refractivity contribution < 1.29 is 9.90 Å². The molecule has 3 fully saturated rings. The average molecular weight is 505 g/mol. The lowest BCUT2D eigenvalue weighted by molar-refractivity contribution is -0.203. The van der Waals surface area contributed by atoms with Gasteiger partial charge < -0.3 is 5.11 Å². The molecule has 0 saturated heterocycles. The van der Waals surface area contributed by atoms with Crippen molar-refractivity contribution in [2.45, 2.75) is 112 Å². The van der Waals surface area contributed by atoms with Gasteiger partial charge in [-0.1, -0.05) is 67.0 Å². The maximum atomic E-state index is 12.9. The van der Waals surface area contributed by atoms with Gasteiger partial charge in [-0.15, -0.1) is 0 Å². The van der Waals surface area contributed by atoms with Crippen LogP contribution < -0.4 is 0 Å². The molecule has 4 heteroatoms. The van der Waals surface area contributed by atoms with Gasteiger partial charge in [0.05, 0.1) is 16.8 Å². The zero-order valence-corrected chi connectivity index (χ0v) is 24.4. The number of carboxylic acid groups (broad SMARTS) is 1. The largest absolute Gasteiger partial charge is 0.481 e. The van der Waals surface area contributed by atoms with E-state index in [-0.39, 0.29) is 33.0 Å². The number of fused-ring (bicyclic) bond motifs is 8. The third kappa shape index (κ3) is 2.74. The quantitative estimate of drug-likeness (QED) is 0.400. The van der Waals surface area contributed by atoms with Crippen molar-refractivity contribution in [2.75, 3.05) is 0 Å². The minimum Gasteiger partial charge on any atom is -0.481 e. The zero-order valence-electron chi connectivity index (χ0n) is 24.4. The van der Waals surface area contributed by atoms with Crippen LogP contribution in [0.4, 0.5) is 0 Å². The summed E-state index contributed by atoms with van der Waals surface area (Å²) in [5, 5.41) is 10.6. The molecule has 4 nitrogen and oxygen atoms in total. The van der Waals surface area contributed by atoms with Gasteiger partial charge in [0.1, 0.15) is 0 Å². The average Bonchev–Trinajstić information content (AvgIpc) is 2.84. The van der Waals surface area contributed by atoms with Gasteiger partial charge >= 0.3 is 5.97 Å². The topological polar surface area (TPSA) is 63.1 Å². The van der Waals surface area contributed by atoms with Crippen LogP contribution in [0.25, 0.3) is 0 Å². The van der Waals surface area contributed by atoms with Crippen LogP contribution in [0.3, 0.4) is 0 Å². The maximum absolute atomic E-state index is 12.9. The molecule has 6 rings (SSSR count). The van der Waals surface area contributed by atoms with Gasteiger partial charge in [0, 0.05) is 17.8 Å². The van der Waals surface area contributed by atoms with Crippen LogP contribution >= 0.6 is 0 Å². The van der Waals surface area contributed by atoms with Crippen LogP contribution in [0.2, 0.25) is 0 Å². The summed E-state index contributed by atoms with van der Waals surface area (Å²) in [6.45, 7) is 19.8. The van der Waals surface area contributed by atoms with E-state index in [1.165, 1.54) is 29.8 Å². The Labute approximate surface area is 224 Å². The first kappa shape index (κ1) is 25.6. The second kappa shape index (κ2) is 7.48. The Morgan fingerprint density at radius 3 is 2.32 bits per heavy atom. The number of rotatable bonds is 1. The summed E-state index contributed by atoms with van der Waals surface area (Å²) >= 11 is 0. The number of allylic oxidation sites excluding steroid dienone is 2. The molecule has 0 bridgehead atoms. The highest BCUT2D eigenvalue weighted by atomic mass is 16.4. The highest BCUT2D eigenvalue weighted by molar-refractivity contribution is 5.76. The number of carboxylic acids is 1. The summed E-state index contributed by atoms with van der Waals surface area (Å²) in [6.07, 6.45) is 14.5. The third-order valence-electron chi connectivity index (χ3n) is 14.6. The minimum absolute atomic E-state index is 0.0436. The van der Waals surface area contributed by atoms with Crippen LogP contribution in [-0.2, 0) is 16.6 Å². The summed E-state index contributed by atoms with van der Waals surface area (Å²) < 4.78 is 0. The van der Waals surface area contributed by atoms with Gasteiger partial charge in [0.15, 0.2) is 0 Å². The fourth-order valence-corrected chi connectivity index (χ4v) is 11.3. The molecule has 3 saturated carbocycles. The van der Waals surface area contributed by atoms with E-state index in [0.717, 1.165) is 38.5 Å². The van der Waals surface area contributed by atoms with Crippen molar-refractivity contribution in [3.8, 4) is 0 Å². The predicted molar refractivity (Wildman–Crippen MR) is 147 cm³/mol. The number of hydrogen-bond donors (Lipinski definition) is 1. The van der Waals surface area contributed by atoms with E-state index in [2.05, 4.69) is 61.5 Å². The smallest absolute Gasteiger partial charge is 0.310 e. The Morgan fingerprint density at radius 2 is 1.62 bits per heavy atom. The summed E-state index contributed by atoms with van der Waals surface area (Å²) in [7, 11) is 0. The summed E-state index contributed by atoms with van der Waals surface area (Å²) in [4.78, 5) is 22.7. The Kier molecular flexibility index (Phi) is 5.17. The van der Waals surface area contributed by atoms with Crippen molar-refractivity contribution in [1.29, 1.82) is 0 Å². The number of aromatic nitrogens is 2. The van der Waals surface area contributed by atoms with Gasteiger partial charge in [-0.05, 0) is 96.7 Å². The van der Waals surface area contributed by atoms with E-state index >= 15 is 0 Å². The van der Waals surface area contributed by atoms with E-state index in [4.69, 9.17) is 9.97 Å². The van der Waals surface area contributed by atoms with Crippen LogP contribution in [-0.4, -0.2) is 21.0 Å². The van der Waals surface area contributed by atoms with E-state index in [9.17, 15) is 9.90 Å². The number of nitrogens with zero attached hydrogens (tertiary/aromatic N) is 2. The second-order valence-corrected chi connectivity index (χ2v) is 15.4. The van der Waals surface area contributed by atoms with Crippen molar-refractivity contribution in [3.05, 3.63) is 35.4 Å². The van der Waals surface area contributed by atoms with Gasteiger partial charge in [0.25, 0.3) is 0 Å². The van der Waals surface area contributed by atoms with Gasteiger partial charge in [-0.3, -0.25) is 14.8 Å². The van der Waals surface area contributed by atoms with Crippen LogP contribution in [0.5, 0.6) is 0 Å². The van der Waals surface area contributed by atoms with Crippen molar-refractivity contribution in [2.24, 2.45) is 50.7 Å². The van der Waals surface area contributed by atoms with Gasteiger partial charge in [-0.25, -0.2) is 0 Å². The minimum atomic E-state index is -0.574. The van der Waals surface area contributed by atoms with Crippen molar-refractivity contribution in [1.82, 2.24) is 9.97 Å². The molecule has 0 aromatic carbocycles. The molecule has 0 unspecified atom stereocenters. The number of hydrogen-bond acceptors (Lipinski definition) is 3. The molecule has 1 aromatic rings. The second-order valence-electron chi connectivity index (χ2n) is 15.4. The number of aliphatic carboxylic acids is 1. The first-order valence-corrected chi connectivity index (χ1v) is 14.9. The van der Waals surface area contributed by atoms with Gasteiger partial charge in [0.2, 0.25) is 0 Å². The van der Waals surface area contributed by atoms with E-state index in [1.54, 1.807) is 0 Å². The molecule has 1 aromatic heterocycles. The molecule has 202 valence electrons. The van der Waals surface area contributed by atoms with Crippen LogP contribution in [0, 0.1) is 50.7 Å². The molecular formula is C33H48N2O2. The van der Waals surface area contributed by atoms with Crippen LogP contribution in [0.1, 0.15) is 112 Å². The van der Waals surface area contributed by atoms with Crippen LogP contribution in [0.15, 0.2) is 24.0 Å². The molecule has 5 aliphatic rings. The predicted octanol–water partition coefficient (Wildman–Crippen LogP) is 7.62. The molecule has 1 N–H and O–H groups in total. The van der Waals surface area contributed by atoms with E-state index in [0.29, 0.717) is 17.8 Å². The highest BCUT2D eigenvalue weighted by Gasteiger charge is 2.72. The molecule has 0 aliphatic heterocycles. The standard InChI is InChI=1S/C33H48N2O2/c1-20-11-12-33(27(36)37)16-14-29(5)22(25(33)21(20)2)9-10-24-30(29,6)13-15-32(8)28(3,4)26-23(19-31(24,32)7)34-17-18-35-26/h9,17-18,20-21,24-25H,10-16,19H2,1-8H3,(H,36,37)/t20-,21+,24+,25+,29-,30-,31-,32+,33+/m1/s1. The fraction of sp³-hybridized carbons (Fsp3) is 0.788. The zero-order chi connectivity index (χ0) is 26.8. The molecule has 5 aliphatic carbocycles. The first-order valence-electron chi connectivity index (χ1n) is 14.9. The van der Waals surface area contributed by atoms with E-state index < -0.39 is 11.4 Å². The first-order chi connectivity index (χ1) is 17.2. The monoisotopic (exact) mass is 504 g/mol. The van der Waals surface area contributed by atoms with E-state index in [1.807, 2.05) is 12.4 Å². The lowest BCUT2D eigenvalue weighted by Crippen LogP contribution is -2.68. The van der Waals surface area contributed by atoms with Gasteiger partial charge in [-0.2, -0.15) is 0 Å². The van der Waals surface area contributed by atoms with Crippen molar-refractivity contribution in [3.63, 3.8) is 0 Å². The lowest BCUT2D eigenvalue weighted by atomic mass is 9.30. The highest BCUT2D eigenvalue weighted by Crippen LogP contribution is 2.77. The molecule has 0 spiro atoms. The fourth-order valence-electron chi connectivity index (χ4n) is 11.3. The molecule has 0 radical (unpaired) electrons. The molecule has 0 amide bonds. The van der Waals surface area contributed by atoms with Crippen molar-refractivity contribution >= 4 is 5.97 Å². The normalized spacial score (nSPS) is 49.9. The molecule has 1 heterocycles. The Bertz CT molecular complexity index is 1190. The molecule has 9 atom stereocenters. The Morgan fingerprint density at radius 1 is 0.919 bits per heavy atom. The third-order valence-corrected chi connectivity index (χ3v) is 14.6.